The molecule has 0 radical (unpaired) electrons. The third-order valence-electron chi connectivity index (χ3n) is 3.86. The lowest BCUT2D eigenvalue weighted by Gasteiger charge is -2.31. The van der Waals surface area contributed by atoms with Crippen LogP contribution in [0.25, 0.3) is 0 Å². The molecule has 18 heavy (non-hydrogen) atoms. The van der Waals surface area contributed by atoms with Crippen molar-refractivity contribution in [3.05, 3.63) is 18.7 Å². The predicted molar refractivity (Wildman–Crippen MR) is 71.4 cm³/mol. The van der Waals surface area contributed by atoms with Gasteiger partial charge in [0.2, 0.25) is 0 Å². The average molecular weight is 249 g/mol. The van der Waals surface area contributed by atoms with Crippen LogP contribution in [0.4, 0.5) is 4.79 Å². The van der Waals surface area contributed by atoms with Crippen LogP contribution in [0, 0.1) is 11.3 Å². The van der Waals surface area contributed by atoms with Crippen molar-refractivity contribution in [1.29, 1.82) is 0 Å². The van der Waals surface area contributed by atoms with E-state index in [1.807, 2.05) is 0 Å². The van der Waals surface area contributed by atoms with E-state index in [0.717, 1.165) is 6.54 Å². The van der Waals surface area contributed by atoms with E-state index in [4.69, 9.17) is 0 Å². The predicted octanol–water partition coefficient (Wildman–Crippen LogP) is 3.05. The molecule has 0 saturated heterocycles. The van der Waals surface area contributed by atoms with Crippen LogP contribution in [0.2, 0.25) is 0 Å². The lowest BCUT2D eigenvalue weighted by Crippen LogP contribution is -2.38. The number of carbonyl (C=O) groups excluding carboxylic acids is 1. The second-order valence-corrected chi connectivity index (χ2v) is 5.93. The Labute approximate surface area is 109 Å². The molecule has 100 valence electrons. The maximum atomic E-state index is 11.9. The normalized spacial score (nSPS) is 18.2. The Kier molecular flexibility index (Phi) is 4.04. The van der Waals surface area contributed by atoms with E-state index in [-0.39, 0.29) is 6.03 Å². The van der Waals surface area contributed by atoms with Gasteiger partial charge in [0, 0.05) is 18.9 Å². The first-order valence-electron chi connectivity index (χ1n) is 6.87. The van der Waals surface area contributed by atoms with Crippen LogP contribution in [0.3, 0.4) is 0 Å². The largest absolute Gasteiger partial charge is 0.337 e. The second-order valence-electron chi connectivity index (χ2n) is 5.93. The highest BCUT2D eigenvalue weighted by atomic mass is 16.2. The molecule has 0 bridgehead atoms. The zero-order valence-electron chi connectivity index (χ0n) is 11.4. The number of imidazole rings is 1. The molecule has 1 aromatic rings. The Morgan fingerprint density at radius 3 is 2.72 bits per heavy atom. The van der Waals surface area contributed by atoms with Gasteiger partial charge < -0.3 is 5.32 Å². The molecule has 0 unspecified atom stereocenters. The number of rotatable bonds is 4. The smallest absolute Gasteiger partial charge is 0.326 e. The van der Waals surface area contributed by atoms with E-state index in [0.29, 0.717) is 11.3 Å². The van der Waals surface area contributed by atoms with Crippen molar-refractivity contribution in [3.63, 3.8) is 0 Å². The summed E-state index contributed by atoms with van der Waals surface area (Å²) >= 11 is 0. The first-order chi connectivity index (χ1) is 8.61. The second kappa shape index (κ2) is 5.55. The number of carbonyl (C=O) groups is 1. The lowest BCUT2D eigenvalue weighted by atomic mass is 9.78. The molecule has 0 aromatic carbocycles. The molecule has 4 heteroatoms. The molecule has 2 rings (SSSR count). The Hall–Kier alpha value is -1.32. The van der Waals surface area contributed by atoms with E-state index in [2.05, 4.69) is 24.1 Å². The van der Waals surface area contributed by atoms with Crippen molar-refractivity contribution in [1.82, 2.24) is 14.9 Å². The Bertz CT molecular complexity index is 378. The molecule has 1 aromatic heterocycles. The van der Waals surface area contributed by atoms with Gasteiger partial charge >= 0.3 is 6.03 Å². The van der Waals surface area contributed by atoms with Gasteiger partial charge in [-0.2, -0.15) is 0 Å². The highest BCUT2D eigenvalue weighted by molar-refractivity contribution is 5.76. The van der Waals surface area contributed by atoms with Gasteiger partial charge in [0.15, 0.2) is 0 Å². The van der Waals surface area contributed by atoms with Crippen LogP contribution in [-0.4, -0.2) is 22.1 Å². The summed E-state index contributed by atoms with van der Waals surface area (Å²) in [6, 6.07) is -0.0671. The summed E-state index contributed by atoms with van der Waals surface area (Å²) in [7, 11) is 0. The molecule has 1 heterocycles. The van der Waals surface area contributed by atoms with Crippen LogP contribution in [-0.2, 0) is 0 Å². The topological polar surface area (TPSA) is 46.9 Å². The number of hydrogen-bond acceptors (Lipinski definition) is 2. The molecule has 1 N–H and O–H groups in total. The van der Waals surface area contributed by atoms with Crippen LogP contribution >= 0.6 is 0 Å². The third-order valence-corrected chi connectivity index (χ3v) is 3.86. The molecule has 1 fully saturated rings. The summed E-state index contributed by atoms with van der Waals surface area (Å²) in [4.78, 5) is 15.8. The lowest BCUT2D eigenvalue weighted by molar-refractivity contribution is 0.210. The van der Waals surface area contributed by atoms with Crippen molar-refractivity contribution in [2.75, 3.05) is 6.54 Å². The molecule has 1 aliphatic carbocycles. The maximum Gasteiger partial charge on any atom is 0.326 e. The Morgan fingerprint density at radius 2 is 2.17 bits per heavy atom. The average Bonchev–Trinajstić information content (AvgIpc) is 2.96. The number of aromatic nitrogens is 2. The molecule has 0 atom stereocenters. The van der Waals surface area contributed by atoms with Gasteiger partial charge in [0.1, 0.15) is 6.33 Å². The van der Waals surface area contributed by atoms with E-state index in [1.54, 1.807) is 18.7 Å². The van der Waals surface area contributed by atoms with Gasteiger partial charge in [0.25, 0.3) is 0 Å². The van der Waals surface area contributed by atoms with E-state index in [9.17, 15) is 4.79 Å². The minimum atomic E-state index is -0.0671. The van der Waals surface area contributed by atoms with Crippen LogP contribution in [0.5, 0.6) is 0 Å². The van der Waals surface area contributed by atoms with Gasteiger partial charge in [-0.25, -0.2) is 9.78 Å². The fourth-order valence-electron chi connectivity index (χ4n) is 3.18. The zero-order valence-corrected chi connectivity index (χ0v) is 11.4. The summed E-state index contributed by atoms with van der Waals surface area (Å²) in [6.07, 6.45) is 11.1. The number of hydrogen-bond donors (Lipinski definition) is 1. The van der Waals surface area contributed by atoms with Crippen LogP contribution in [0.1, 0.15) is 46.0 Å². The van der Waals surface area contributed by atoms with Crippen LogP contribution < -0.4 is 5.32 Å². The summed E-state index contributed by atoms with van der Waals surface area (Å²) in [5.74, 6) is 0.688. The molecule has 1 amide bonds. The minimum Gasteiger partial charge on any atom is -0.337 e. The van der Waals surface area contributed by atoms with Crippen molar-refractivity contribution in [2.45, 2.75) is 46.0 Å². The molecular weight excluding hydrogens is 226 g/mol. The third kappa shape index (κ3) is 3.12. The number of nitrogens with zero attached hydrogens (tertiary/aromatic N) is 2. The number of amides is 1. The molecule has 4 nitrogen and oxygen atoms in total. The van der Waals surface area contributed by atoms with E-state index in [1.165, 1.54) is 36.7 Å². The fourth-order valence-corrected chi connectivity index (χ4v) is 3.18. The molecular formula is C14H23N3O. The fraction of sp³-hybridized carbons (Fsp3) is 0.714. The quantitative estimate of drug-likeness (QED) is 0.891. The van der Waals surface area contributed by atoms with Gasteiger partial charge in [-0.1, -0.05) is 26.7 Å². The zero-order chi connectivity index (χ0) is 13.0. The van der Waals surface area contributed by atoms with Gasteiger partial charge in [-0.15, -0.1) is 0 Å². The Morgan fingerprint density at radius 1 is 1.44 bits per heavy atom. The highest BCUT2D eigenvalue weighted by Gasteiger charge is 2.34. The van der Waals surface area contributed by atoms with E-state index >= 15 is 0 Å². The summed E-state index contributed by atoms with van der Waals surface area (Å²) < 4.78 is 1.50. The monoisotopic (exact) mass is 249 g/mol. The standard InChI is InChI=1S/C14H23N3O/c1-12(2)9-14(5-3-4-6-14)10-16-13(18)17-8-7-15-11-17/h7-8,11-12H,3-6,9-10H2,1-2H3,(H,16,18). The SMILES string of the molecule is CC(C)CC1(CNC(=O)n2ccnc2)CCCC1. The van der Waals surface area contributed by atoms with Gasteiger partial charge in [-0.05, 0) is 30.6 Å². The maximum absolute atomic E-state index is 11.9. The van der Waals surface area contributed by atoms with E-state index < -0.39 is 0 Å². The van der Waals surface area contributed by atoms with Crippen molar-refractivity contribution >= 4 is 6.03 Å². The van der Waals surface area contributed by atoms with Crippen LogP contribution in [0.15, 0.2) is 18.7 Å². The molecule has 0 spiro atoms. The van der Waals surface area contributed by atoms with Gasteiger partial charge in [-0.3, -0.25) is 4.57 Å². The Balaban J connectivity index is 1.92. The first kappa shape index (κ1) is 13.1. The summed E-state index contributed by atoms with van der Waals surface area (Å²) in [5.41, 5.74) is 0.324. The minimum absolute atomic E-state index is 0.0671. The summed E-state index contributed by atoms with van der Waals surface area (Å²) in [6.45, 7) is 5.32. The van der Waals surface area contributed by atoms with Crippen molar-refractivity contribution in [2.24, 2.45) is 11.3 Å². The summed E-state index contributed by atoms with van der Waals surface area (Å²) in [5, 5.41) is 3.06. The molecule has 1 aliphatic rings. The van der Waals surface area contributed by atoms with Gasteiger partial charge in [0.05, 0.1) is 0 Å². The highest BCUT2D eigenvalue weighted by Crippen LogP contribution is 2.42. The number of nitrogens with one attached hydrogen (secondary N) is 1. The van der Waals surface area contributed by atoms with Crippen molar-refractivity contribution < 1.29 is 4.79 Å². The first-order valence-corrected chi connectivity index (χ1v) is 6.87. The van der Waals surface area contributed by atoms with Crippen molar-refractivity contribution in [3.8, 4) is 0 Å². The molecule has 0 aliphatic heterocycles. The molecule has 1 saturated carbocycles.